The molecule has 0 fully saturated rings. The summed E-state index contributed by atoms with van der Waals surface area (Å²) in [5.74, 6) is -0.137. The third kappa shape index (κ3) is 3.73. The fraction of sp³-hybridized carbons (Fsp3) is 0.318. The molecule has 0 saturated carbocycles. The molecule has 3 aromatic rings. The van der Waals surface area contributed by atoms with Crippen LogP contribution in [-0.4, -0.2) is 43.2 Å². The molecule has 0 aliphatic carbocycles. The van der Waals surface area contributed by atoms with Crippen LogP contribution in [0.3, 0.4) is 0 Å². The van der Waals surface area contributed by atoms with E-state index < -0.39 is 10.0 Å². The number of carbonyl (C=O) groups excluding carboxylic acids is 1. The number of amides is 1. The van der Waals surface area contributed by atoms with Crippen molar-refractivity contribution in [2.45, 2.75) is 31.2 Å². The summed E-state index contributed by atoms with van der Waals surface area (Å²) in [6.45, 7) is 5.03. The smallest absolute Gasteiger partial charge is 0.254 e. The predicted octanol–water partition coefficient (Wildman–Crippen LogP) is 4.63. The summed E-state index contributed by atoms with van der Waals surface area (Å²) in [6.07, 6.45) is 0.818. The highest BCUT2D eigenvalue weighted by Crippen LogP contribution is 2.40. The minimum Gasteiger partial charge on any atom is -0.326 e. The van der Waals surface area contributed by atoms with Gasteiger partial charge in [0.15, 0.2) is 0 Å². The van der Waals surface area contributed by atoms with Gasteiger partial charge < -0.3 is 4.90 Å². The first kappa shape index (κ1) is 21.2. The Kier molecular flexibility index (Phi) is 6.11. The highest BCUT2D eigenvalue weighted by atomic mass is 32.2. The van der Waals surface area contributed by atoms with E-state index in [1.165, 1.54) is 20.8 Å². The molecule has 1 aliphatic rings. The predicted molar refractivity (Wildman–Crippen MR) is 122 cm³/mol. The maximum absolute atomic E-state index is 13.6. The molecule has 5 nitrogen and oxygen atoms in total. The van der Waals surface area contributed by atoms with Gasteiger partial charge in [-0.1, -0.05) is 26.0 Å². The van der Waals surface area contributed by atoms with E-state index in [4.69, 9.17) is 0 Å². The second kappa shape index (κ2) is 8.63. The van der Waals surface area contributed by atoms with Crippen molar-refractivity contribution in [1.29, 1.82) is 0 Å². The first-order valence-corrected chi connectivity index (χ1v) is 13.2. The van der Waals surface area contributed by atoms with Gasteiger partial charge in [-0.2, -0.15) is 4.31 Å². The van der Waals surface area contributed by atoms with Crippen LogP contribution in [0.25, 0.3) is 0 Å². The SMILES string of the molecule is CCN(CC)S(=O)(=O)c1cccc(C(=O)N2CCc3sccc3[C@H]2c2cccs2)c1. The van der Waals surface area contributed by atoms with Gasteiger partial charge in [-0.05, 0) is 53.1 Å². The molecule has 2 aromatic heterocycles. The molecular formula is C22H24N2O3S3. The van der Waals surface area contributed by atoms with E-state index >= 15 is 0 Å². The number of rotatable bonds is 6. The lowest BCUT2D eigenvalue weighted by molar-refractivity contribution is 0.0698. The lowest BCUT2D eigenvalue weighted by atomic mass is 9.97. The second-order valence-corrected chi connectivity index (χ2v) is 11.0. The number of carbonyl (C=O) groups is 1. The van der Waals surface area contributed by atoms with Crippen molar-refractivity contribution in [3.8, 4) is 0 Å². The summed E-state index contributed by atoms with van der Waals surface area (Å²) in [6, 6.07) is 12.5. The van der Waals surface area contributed by atoms with Crippen molar-refractivity contribution in [2.24, 2.45) is 0 Å². The number of hydrogen-bond donors (Lipinski definition) is 0. The average molecular weight is 461 g/mol. The third-order valence-corrected chi connectivity index (χ3v) is 9.43. The Morgan fingerprint density at radius 3 is 2.60 bits per heavy atom. The van der Waals surface area contributed by atoms with Crippen molar-refractivity contribution in [1.82, 2.24) is 9.21 Å². The van der Waals surface area contributed by atoms with Crippen LogP contribution in [0.15, 0.2) is 58.1 Å². The number of nitrogens with zero attached hydrogens (tertiary/aromatic N) is 2. The van der Waals surface area contributed by atoms with Crippen LogP contribution in [0.4, 0.5) is 0 Å². The van der Waals surface area contributed by atoms with Gasteiger partial charge in [0.25, 0.3) is 5.91 Å². The lowest BCUT2D eigenvalue weighted by Gasteiger charge is -2.35. The summed E-state index contributed by atoms with van der Waals surface area (Å²) < 4.78 is 27.3. The highest BCUT2D eigenvalue weighted by molar-refractivity contribution is 7.89. The van der Waals surface area contributed by atoms with E-state index in [0.29, 0.717) is 25.2 Å². The first-order valence-electron chi connectivity index (χ1n) is 9.98. The first-order chi connectivity index (χ1) is 14.5. The summed E-state index contributed by atoms with van der Waals surface area (Å²) in [4.78, 5) is 18.0. The number of sulfonamides is 1. The average Bonchev–Trinajstić information content (AvgIpc) is 3.45. The molecule has 1 aromatic carbocycles. The summed E-state index contributed by atoms with van der Waals surface area (Å²) in [7, 11) is -3.62. The molecule has 1 aliphatic heterocycles. The van der Waals surface area contributed by atoms with E-state index in [0.717, 1.165) is 11.3 Å². The fourth-order valence-electron chi connectivity index (χ4n) is 3.96. The van der Waals surface area contributed by atoms with Crippen LogP contribution < -0.4 is 0 Å². The minimum absolute atomic E-state index is 0.129. The molecular weight excluding hydrogens is 436 g/mol. The van der Waals surface area contributed by atoms with E-state index in [1.54, 1.807) is 40.9 Å². The molecule has 3 heterocycles. The molecule has 30 heavy (non-hydrogen) atoms. The van der Waals surface area contributed by atoms with E-state index in [-0.39, 0.29) is 16.8 Å². The monoisotopic (exact) mass is 460 g/mol. The zero-order valence-electron chi connectivity index (χ0n) is 16.9. The van der Waals surface area contributed by atoms with Crippen molar-refractivity contribution in [2.75, 3.05) is 19.6 Å². The summed E-state index contributed by atoms with van der Waals surface area (Å²) in [5, 5.41) is 4.10. The van der Waals surface area contributed by atoms with E-state index in [9.17, 15) is 13.2 Å². The van der Waals surface area contributed by atoms with Crippen molar-refractivity contribution in [3.63, 3.8) is 0 Å². The molecule has 158 valence electrons. The number of thiophene rings is 2. The Bertz CT molecular complexity index is 1130. The molecule has 1 atom stereocenters. The molecule has 0 N–H and O–H groups in total. The van der Waals surface area contributed by atoms with Crippen LogP contribution >= 0.6 is 22.7 Å². The lowest BCUT2D eigenvalue weighted by Crippen LogP contribution is -2.40. The Hall–Kier alpha value is -2.00. The van der Waals surface area contributed by atoms with Gasteiger partial charge in [0.05, 0.1) is 10.9 Å². The number of fused-ring (bicyclic) bond motifs is 1. The molecule has 0 spiro atoms. The fourth-order valence-corrected chi connectivity index (χ4v) is 7.22. The molecule has 8 heteroatoms. The zero-order chi connectivity index (χ0) is 21.3. The van der Waals surface area contributed by atoms with E-state index in [2.05, 4.69) is 17.5 Å². The third-order valence-electron chi connectivity index (χ3n) is 5.46. The van der Waals surface area contributed by atoms with Gasteiger partial charge in [0, 0.05) is 35.0 Å². The van der Waals surface area contributed by atoms with Crippen molar-refractivity contribution < 1.29 is 13.2 Å². The molecule has 0 unspecified atom stereocenters. The Morgan fingerprint density at radius 2 is 1.90 bits per heavy atom. The molecule has 4 rings (SSSR count). The number of benzene rings is 1. The molecule has 1 amide bonds. The summed E-state index contributed by atoms with van der Waals surface area (Å²) >= 11 is 3.37. The minimum atomic E-state index is -3.62. The molecule has 0 bridgehead atoms. The topological polar surface area (TPSA) is 57.7 Å². The van der Waals surface area contributed by atoms with Crippen LogP contribution in [0.5, 0.6) is 0 Å². The summed E-state index contributed by atoms with van der Waals surface area (Å²) in [5.41, 5.74) is 1.58. The second-order valence-electron chi connectivity index (χ2n) is 7.08. The zero-order valence-corrected chi connectivity index (χ0v) is 19.4. The van der Waals surface area contributed by atoms with Crippen LogP contribution in [-0.2, 0) is 16.4 Å². The largest absolute Gasteiger partial charge is 0.326 e. The van der Waals surface area contributed by atoms with Gasteiger partial charge in [-0.25, -0.2) is 8.42 Å². The quantitative estimate of drug-likeness (QED) is 0.539. The van der Waals surface area contributed by atoms with Gasteiger partial charge in [-0.3, -0.25) is 4.79 Å². The molecule has 0 saturated heterocycles. The van der Waals surface area contributed by atoms with Crippen LogP contribution in [0.1, 0.15) is 45.6 Å². The standard InChI is InChI=1S/C22H24N2O3S3/c1-3-23(4-2)30(26,27)17-8-5-7-16(15-17)22(25)24-12-10-19-18(11-14-29-19)21(24)20-9-6-13-28-20/h5-9,11,13-15,21H,3-4,10,12H2,1-2H3/t21-/m0/s1. The van der Waals surface area contributed by atoms with Gasteiger partial charge in [0.2, 0.25) is 10.0 Å². The van der Waals surface area contributed by atoms with Crippen molar-refractivity contribution in [3.05, 3.63) is 74.1 Å². The van der Waals surface area contributed by atoms with Gasteiger partial charge in [-0.15, -0.1) is 22.7 Å². The van der Waals surface area contributed by atoms with Gasteiger partial charge >= 0.3 is 0 Å². The maximum Gasteiger partial charge on any atom is 0.254 e. The van der Waals surface area contributed by atoms with Crippen molar-refractivity contribution >= 4 is 38.6 Å². The molecule has 0 radical (unpaired) electrons. The number of hydrogen-bond acceptors (Lipinski definition) is 5. The Balaban J connectivity index is 1.71. The normalized spacial score (nSPS) is 16.6. The Labute approximate surface area is 185 Å². The van der Waals surface area contributed by atoms with Gasteiger partial charge in [0.1, 0.15) is 0 Å². The van der Waals surface area contributed by atoms with E-state index in [1.807, 2.05) is 30.2 Å². The van der Waals surface area contributed by atoms with Crippen LogP contribution in [0, 0.1) is 0 Å². The Morgan fingerprint density at radius 1 is 1.10 bits per heavy atom. The maximum atomic E-state index is 13.6. The van der Waals surface area contributed by atoms with Crippen LogP contribution in [0.2, 0.25) is 0 Å². The highest BCUT2D eigenvalue weighted by Gasteiger charge is 2.34.